The van der Waals surface area contributed by atoms with E-state index in [-0.39, 0.29) is 17.2 Å². The maximum atomic E-state index is 11.9. The number of nitrogens with one attached hydrogen (secondary N) is 1. The summed E-state index contributed by atoms with van der Waals surface area (Å²) in [5.74, 6) is -0.585. The van der Waals surface area contributed by atoms with Crippen molar-refractivity contribution in [3.8, 4) is 17.4 Å². The van der Waals surface area contributed by atoms with Crippen LogP contribution in [0, 0.1) is 11.3 Å². The third kappa shape index (κ3) is 4.11. The summed E-state index contributed by atoms with van der Waals surface area (Å²) in [6.45, 7) is 3.61. The van der Waals surface area contributed by atoms with Gasteiger partial charge in [0.25, 0.3) is 5.91 Å². The molecule has 0 fully saturated rings. The number of nitriles is 1. The van der Waals surface area contributed by atoms with Crippen LogP contribution in [0.1, 0.15) is 30.0 Å². The summed E-state index contributed by atoms with van der Waals surface area (Å²) >= 11 is 0. The van der Waals surface area contributed by atoms with E-state index in [9.17, 15) is 9.59 Å². The number of hydrogen-bond donors (Lipinski definition) is 2. The van der Waals surface area contributed by atoms with Gasteiger partial charge in [0.15, 0.2) is 0 Å². The number of carboxylic acids is 1. The molecule has 0 radical (unpaired) electrons. The summed E-state index contributed by atoms with van der Waals surface area (Å²) in [6.07, 6.45) is 1.37. The number of carbonyl (C=O) groups is 2. The number of furan rings is 1. The molecular weight excluding hydrogens is 308 g/mol. The Morgan fingerprint density at radius 1 is 1.21 bits per heavy atom. The number of hydrogen-bond acceptors (Lipinski definition) is 4. The molecule has 1 aromatic carbocycles. The fourth-order valence-electron chi connectivity index (χ4n) is 1.99. The maximum Gasteiger partial charge on any atom is 0.335 e. The van der Waals surface area contributed by atoms with Gasteiger partial charge in [-0.05, 0) is 38.1 Å². The minimum absolute atomic E-state index is 0.0502. The topological polar surface area (TPSA) is 103 Å². The van der Waals surface area contributed by atoms with Crippen molar-refractivity contribution in [1.29, 1.82) is 5.26 Å². The second-order valence-electron chi connectivity index (χ2n) is 5.38. The minimum atomic E-state index is -1.00. The van der Waals surface area contributed by atoms with Gasteiger partial charge in [-0.15, -0.1) is 0 Å². The van der Waals surface area contributed by atoms with Gasteiger partial charge in [0, 0.05) is 17.7 Å². The molecule has 2 aromatic rings. The quantitative estimate of drug-likeness (QED) is 0.650. The maximum absolute atomic E-state index is 11.9. The first-order valence-corrected chi connectivity index (χ1v) is 7.27. The lowest BCUT2D eigenvalue weighted by Crippen LogP contribution is -2.30. The van der Waals surface area contributed by atoms with Crippen LogP contribution in [-0.2, 0) is 4.79 Å². The highest BCUT2D eigenvalue weighted by molar-refractivity contribution is 6.01. The number of nitrogens with zero attached hydrogens (tertiary/aromatic N) is 1. The van der Waals surface area contributed by atoms with Gasteiger partial charge in [0.05, 0.1) is 5.56 Å². The van der Waals surface area contributed by atoms with Gasteiger partial charge in [-0.3, -0.25) is 4.79 Å². The van der Waals surface area contributed by atoms with Crippen LogP contribution in [0.2, 0.25) is 0 Å². The third-order valence-corrected chi connectivity index (χ3v) is 3.11. The van der Waals surface area contributed by atoms with Crippen molar-refractivity contribution in [2.24, 2.45) is 0 Å². The molecule has 0 saturated carbocycles. The second-order valence-corrected chi connectivity index (χ2v) is 5.38. The first-order valence-electron chi connectivity index (χ1n) is 7.27. The summed E-state index contributed by atoms with van der Waals surface area (Å²) < 4.78 is 5.60. The SMILES string of the molecule is CC(C)NC(=O)/C(C#N)=C\c1ccc(-c2ccc(C(=O)O)cc2)o1. The molecule has 1 heterocycles. The Morgan fingerprint density at radius 2 is 1.88 bits per heavy atom. The molecule has 0 saturated heterocycles. The summed E-state index contributed by atoms with van der Waals surface area (Å²) in [4.78, 5) is 22.7. The van der Waals surface area contributed by atoms with Crippen molar-refractivity contribution in [2.45, 2.75) is 19.9 Å². The molecular formula is C18H16N2O4. The standard InChI is InChI=1S/C18H16N2O4/c1-11(2)20-17(21)14(10-19)9-15-7-8-16(24-15)12-3-5-13(6-4-12)18(22)23/h3-9,11H,1-2H3,(H,20,21)(H,22,23)/b14-9-. The predicted molar refractivity (Wildman–Crippen MR) is 88.0 cm³/mol. The molecule has 0 unspecified atom stereocenters. The summed E-state index contributed by atoms with van der Waals surface area (Å²) in [7, 11) is 0. The zero-order valence-electron chi connectivity index (χ0n) is 13.2. The first kappa shape index (κ1) is 17.0. The lowest BCUT2D eigenvalue weighted by Gasteiger charge is -2.06. The third-order valence-electron chi connectivity index (χ3n) is 3.11. The highest BCUT2D eigenvalue weighted by Crippen LogP contribution is 2.24. The van der Waals surface area contributed by atoms with E-state index in [4.69, 9.17) is 14.8 Å². The first-order chi connectivity index (χ1) is 11.4. The van der Waals surface area contributed by atoms with Gasteiger partial charge >= 0.3 is 5.97 Å². The molecule has 2 rings (SSSR count). The smallest absolute Gasteiger partial charge is 0.335 e. The fraction of sp³-hybridized carbons (Fsp3) is 0.167. The van der Waals surface area contributed by atoms with Crippen LogP contribution in [0.4, 0.5) is 0 Å². The Balaban J connectivity index is 2.23. The number of rotatable bonds is 5. The fourth-order valence-corrected chi connectivity index (χ4v) is 1.99. The summed E-state index contributed by atoms with van der Waals surface area (Å²) in [5.41, 5.74) is 0.832. The van der Waals surface area contributed by atoms with Gasteiger partial charge in [0.1, 0.15) is 23.2 Å². The Morgan fingerprint density at radius 3 is 2.42 bits per heavy atom. The van der Waals surface area contributed by atoms with Crippen molar-refractivity contribution < 1.29 is 19.1 Å². The molecule has 24 heavy (non-hydrogen) atoms. The second kappa shape index (κ2) is 7.29. The lowest BCUT2D eigenvalue weighted by molar-refractivity contribution is -0.117. The van der Waals surface area contributed by atoms with E-state index in [1.54, 1.807) is 38.1 Å². The van der Waals surface area contributed by atoms with Crippen LogP contribution in [0.5, 0.6) is 0 Å². The van der Waals surface area contributed by atoms with Crippen molar-refractivity contribution in [1.82, 2.24) is 5.32 Å². The Bertz CT molecular complexity index is 823. The number of carboxylic acid groups (broad SMARTS) is 1. The molecule has 0 aliphatic rings. The average Bonchev–Trinajstić information content (AvgIpc) is 3.00. The van der Waals surface area contributed by atoms with Gasteiger partial charge in [0.2, 0.25) is 0 Å². The zero-order valence-corrected chi connectivity index (χ0v) is 13.2. The number of amides is 1. The summed E-state index contributed by atoms with van der Waals surface area (Å²) in [5, 5.41) is 20.6. The molecule has 6 heteroatoms. The lowest BCUT2D eigenvalue weighted by atomic mass is 10.1. The monoisotopic (exact) mass is 324 g/mol. The van der Waals surface area contributed by atoms with E-state index in [0.717, 1.165) is 0 Å². The van der Waals surface area contributed by atoms with Crippen molar-refractivity contribution in [2.75, 3.05) is 0 Å². The molecule has 0 spiro atoms. The van der Waals surface area contributed by atoms with Crippen LogP contribution >= 0.6 is 0 Å². The van der Waals surface area contributed by atoms with Crippen LogP contribution < -0.4 is 5.32 Å². The zero-order chi connectivity index (χ0) is 17.7. The van der Waals surface area contributed by atoms with E-state index in [2.05, 4.69) is 5.32 Å². The number of benzene rings is 1. The molecule has 0 atom stereocenters. The number of aromatic carboxylic acids is 1. The van der Waals surface area contributed by atoms with Crippen molar-refractivity contribution >= 4 is 18.0 Å². The molecule has 0 aliphatic heterocycles. The predicted octanol–water partition coefficient (Wildman–Crippen LogP) is 3.08. The Kier molecular flexibility index (Phi) is 5.17. The molecule has 1 amide bonds. The minimum Gasteiger partial charge on any atom is -0.478 e. The van der Waals surface area contributed by atoms with Gasteiger partial charge in [-0.25, -0.2) is 4.79 Å². The molecule has 1 aromatic heterocycles. The van der Waals surface area contributed by atoms with E-state index in [0.29, 0.717) is 17.1 Å². The van der Waals surface area contributed by atoms with E-state index >= 15 is 0 Å². The van der Waals surface area contributed by atoms with Gasteiger partial charge < -0.3 is 14.8 Å². The van der Waals surface area contributed by atoms with E-state index in [1.165, 1.54) is 18.2 Å². The van der Waals surface area contributed by atoms with Crippen LogP contribution in [0.15, 0.2) is 46.4 Å². The van der Waals surface area contributed by atoms with Crippen molar-refractivity contribution in [3.05, 3.63) is 53.3 Å². The largest absolute Gasteiger partial charge is 0.478 e. The highest BCUT2D eigenvalue weighted by Gasteiger charge is 2.12. The van der Waals surface area contributed by atoms with E-state index < -0.39 is 11.9 Å². The molecule has 0 bridgehead atoms. The molecule has 2 N–H and O–H groups in total. The van der Waals surface area contributed by atoms with Crippen LogP contribution in [0.25, 0.3) is 17.4 Å². The molecule has 122 valence electrons. The number of carbonyl (C=O) groups excluding carboxylic acids is 1. The molecule has 0 aliphatic carbocycles. The van der Waals surface area contributed by atoms with Gasteiger partial charge in [-0.2, -0.15) is 5.26 Å². The van der Waals surface area contributed by atoms with E-state index in [1.807, 2.05) is 6.07 Å². The Hall–Kier alpha value is -3.33. The van der Waals surface area contributed by atoms with Crippen LogP contribution in [-0.4, -0.2) is 23.0 Å². The molecule has 6 nitrogen and oxygen atoms in total. The van der Waals surface area contributed by atoms with Crippen LogP contribution in [0.3, 0.4) is 0 Å². The van der Waals surface area contributed by atoms with Crippen molar-refractivity contribution in [3.63, 3.8) is 0 Å². The highest BCUT2D eigenvalue weighted by atomic mass is 16.4. The average molecular weight is 324 g/mol. The summed E-state index contributed by atoms with van der Waals surface area (Å²) in [6, 6.07) is 11.3. The normalized spacial score (nSPS) is 11.2. The Labute approximate surface area is 139 Å². The van der Waals surface area contributed by atoms with Gasteiger partial charge in [-0.1, -0.05) is 12.1 Å².